The zero-order chi connectivity index (χ0) is 17.6. The lowest BCUT2D eigenvalue weighted by Crippen LogP contribution is -2.04. The zero-order valence-corrected chi connectivity index (χ0v) is 14.2. The van der Waals surface area contributed by atoms with Crippen LogP contribution in [0.3, 0.4) is 0 Å². The summed E-state index contributed by atoms with van der Waals surface area (Å²) < 4.78 is 12.5. The van der Waals surface area contributed by atoms with Gasteiger partial charge in [0.1, 0.15) is 12.4 Å². The number of hydrogen-bond donors (Lipinski definition) is 2. The first-order valence-corrected chi connectivity index (χ1v) is 7.84. The summed E-state index contributed by atoms with van der Waals surface area (Å²) in [4.78, 5) is 0. The maximum atomic E-state index is 10.1. The van der Waals surface area contributed by atoms with Crippen LogP contribution in [-0.4, -0.2) is 33.3 Å². The quantitative estimate of drug-likeness (QED) is 0.524. The van der Waals surface area contributed by atoms with Gasteiger partial charge in [0.2, 0.25) is 4.77 Å². The van der Waals surface area contributed by atoms with Crippen molar-refractivity contribution in [3.05, 3.63) is 64.7 Å². The van der Waals surface area contributed by atoms with Crippen LogP contribution in [0.15, 0.2) is 53.6 Å². The van der Waals surface area contributed by atoms with Crippen LogP contribution >= 0.6 is 12.2 Å². The minimum Gasteiger partial charge on any atom is -0.504 e. The molecule has 0 aliphatic heterocycles. The number of methoxy groups -OCH3 is 1. The Kier molecular flexibility index (Phi) is 5.10. The molecule has 1 aromatic heterocycles. The van der Waals surface area contributed by atoms with Crippen molar-refractivity contribution in [2.24, 2.45) is 5.10 Å². The summed E-state index contributed by atoms with van der Waals surface area (Å²) in [5, 5.41) is 21.2. The van der Waals surface area contributed by atoms with Gasteiger partial charge in [0.25, 0.3) is 0 Å². The molecule has 0 aliphatic rings. The van der Waals surface area contributed by atoms with E-state index in [-0.39, 0.29) is 12.4 Å². The van der Waals surface area contributed by atoms with Gasteiger partial charge in [-0.3, -0.25) is 0 Å². The summed E-state index contributed by atoms with van der Waals surface area (Å²) >= 11 is 5.19. The van der Waals surface area contributed by atoms with Gasteiger partial charge in [-0.1, -0.05) is 24.3 Å². The second-order valence-electron chi connectivity index (χ2n) is 5.00. The molecule has 128 valence electrons. The van der Waals surface area contributed by atoms with Crippen LogP contribution in [-0.2, 0) is 6.61 Å². The fourth-order valence-corrected chi connectivity index (χ4v) is 2.33. The molecule has 7 nitrogen and oxygen atoms in total. The molecule has 1 heterocycles. The fourth-order valence-electron chi connectivity index (χ4n) is 2.13. The highest BCUT2D eigenvalue weighted by Gasteiger charge is 2.08. The Morgan fingerprint density at radius 3 is 2.80 bits per heavy atom. The second kappa shape index (κ2) is 7.63. The van der Waals surface area contributed by atoms with E-state index in [2.05, 4.69) is 15.3 Å². The lowest BCUT2D eigenvalue weighted by Gasteiger charge is -2.06. The first-order chi connectivity index (χ1) is 12.2. The van der Waals surface area contributed by atoms with Crippen LogP contribution in [0.25, 0.3) is 0 Å². The van der Waals surface area contributed by atoms with E-state index in [9.17, 15) is 5.11 Å². The minimum absolute atomic E-state index is 0.00542. The van der Waals surface area contributed by atoms with Crippen LogP contribution in [0.5, 0.6) is 17.2 Å². The van der Waals surface area contributed by atoms with Gasteiger partial charge in [0, 0.05) is 5.56 Å². The number of phenolic OH excluding ortho intramolecular Hbond substituents is 1. The van der Waals surface area contributed by atoms with Crippen molar-refractivity contribution < 1.29 is 14.6 Å². The Hall–Kier alpha value is -3.13. The number of para-hydroxylation sites is 2. The minimum atomic E-state index is 0.00542. The molecule has 0 atom stereocenters. The summed E-state index contributed by atoms with van der Waals surface area (Å²) in [6.07, 6.45) is 1.48. The first-order valence-electron chi connectivity index (χ1n) is 7.43. The molecule has 3 aromatic rings. The lowest BCUT2D eigenvalue weighted by molar-refractivity contribution is 0.290. The maximum absolute atomic E-state index is 10.1. The number of H-pyrrole nitrogens is 1. The molecule has 3 rings (SSSR count). The number of phenols is 1. The van der Waals surface area contributed by atoms with Gasteiger partial charge in [-0.05, 0) is 36.5 Å². The smallest absolute Gasteiger partial charge is 0.216 e. The van der Waals surface area contributed by atoms with Crippen LogP contribution in [0.1, 0.15) is 11.4 Å². The summed E-state index contributed by atoms with van der Waals surface area (Å²) in [5.41, 5.74) is 0.498. The third-order valence-corrected chi connectivity index (χ3v) is 3.66. The summed E-state index contributed by atoms with van der Waals surface area (Å²) in [6, 6.07) is 14.5. The molecule has 0 radical (unpaired) electrons. The number of nitrogens with one attached hydrogen (secondary N) is 1. The summed E-state index contributed by atoms with van der Waals surface area (Å²) in [6.45, 7) is 0.193. The van der Waals surface area contributed by atoms with Gasteiger partial charge in [0.05, 0.1) is 13.3 Å². The van der Waals surface area contributed by atoms with Gasteiger partial charge in [-0.25, -0.2) is 5.10 Å². The number of rotatable bonds is 6. The highest BCUT2D eigenvalue weighted by molar-refractivity contribution is 7.71. The number of benzene rings is 2. The summed E-state index contributed by atoms with van der Waals surface area (Å²) in [5.74, 6) is 1.60. The van der Waals surface area contributed by atoms with E-state index in [4.69, 9.17) is 21.7 Å². The van der Waals surface area contributed by atoms with E-state index in [1.165, 1.54) is 18.0 Å². The highest BCUT2D eigenvalue weighted by Crippen LogP contribution is 2.28. The van der Waals surface area contributed by atoms with Crippen LogP contribution in [0.2, 0.25) is 0 Å². The van der Waals surface area contributed by atoms with E-state index in [1.807, 2.05) is 30.3 Å². The van der Waals surface area contributed by atoms with E-state index in [1.54, 1.807) is 18.2 Å². The van der Waals surface area contributed by atoms with Crippen LogP contribution in [0, 0.1) is 4.77 Å². The number of aromatic hydroxyl groups is 1. The largest absolute Gasteiger partial charge is 0.504 e. The Labute approximate surface area is 149 Å². The Bertz CT molecular complexity index is 935. The molecular formula is C17H16N4O3S. The molecule has 2 aromatic carbocycles. The van der Waals surface area contributed by atoms with E-state index in [0.717, 1.165) is 5.75 Å². The molecule has 0 amide bonds. The molecule has 0 unspecified atom stereocenters. The normalized spacial score (nSPS) is 10.9. The van der Waals surface area contributed by atoms with Crippen LogP contribution in [0.4, 0.5) is 0 Å². The predicted molar refractivity (Wildman–Crippen MR) is 95.8 cm³/mol. The highest BCUT2D eigenvalue weighted by atomic mass is 32.1. The van der Waals surface area contributed by atoms with E-state index in [0.29, 0.717) is 21.9 Å². The Morgan fingerprint density at radius 1 is 1.24 bits per heavy atom. The van der Waals surface area contributed by atoms with Gasteiger partial charge in [-0.15, -0.1) is 0 Å². The van der Waals surface area contributed by atoms with Gasteiger partial charge in [-0.2, -0.15) is 14.9 Å². The molecule has 25 heavy (non-hydrogen) atoms. The first kappa shape index (κ1) is 16.7. The number of aromatic amines is 1. The molecule has 0 spiro atoms. The Morgan fingerprint density at radius 2 is 2.04 bits per heavy atom. The molecule has 0 fully saturated rings. The molecule has 0 bridgehead atoms. The van der Waals surface area contributed by atoms with Gasteiger partial charge in [0.15, 0.2) is 17.3 Å². The van der Waals surface area contributed by atoms with Crippen molar-refractivity contribution in [1.29, 1.82) is 0 Å². The maximum Gasteiger partial charge on any atom is 0.216 e. The second-order valence-corrected chi connectivity index (χ2v) is 5.39. The monoisotopic (exact) mass is 356 g/mol. The van der Waals surface area contributed by atoms with Crippen molar-refractivity contribution in [3.63, 3.8) is 0 Å². The van der Waals surface area contributed by atoms with E-state index >= 15 is 0 Å². The molecule has 0 aliphatic carbocycles. The van der Waals surface area contributed by atoms with Crippen molar-refractivity contribution >= 4 is 18.4 Å². The number of aromatic nitrogens is 3. The number of ether oxygens (including phenoxy) is 2. The summed E-state index contributed by atoms with van der Waals surface area (Å²) in [7, 11) is 1.49. The molecule has 2 N–H and O–H groups in total. The van der Waals surface area contributed by atoms with Crippen molar-refractivity contribution in [3.8, 4) is 17.2 Å². The average molecular weight is 356 g/mol. The van der Waals surface area contributed by atoms with E-state index < -0.39 is 0 Å². The van der Waals surface area contributed by atoms with Crippen molar-refractivity contribution in [1.82, 2.24) is 14.9 Å². The lowest BCUT2D eigenvalue weighted by atomic mass is 10.2. The molecular weight excluding hydrogens is 340 g/mol. The van der Waals surface area contributed by atoms with Gasteiger partial charge >= 0.3 is 0 Å². The van der Waals surface area contributed by atoms with Crippen LogP contribution < -0.4 is 9.47 Å². The third-order valence-electron chi connectivity index (χ3n) is 3.39. The number of hydrogen-bond acceptors (Lipinski definition) is 6. The Balaban J connectivity index is 1.81. The van der Waals surface area contributed by atoms with Gasteiger partial charge < -0.3 is 14.6 Å². The molecule has 0 saturated carbocycles. The average Bonchev–Trinajstić information content (AvgIpc) is 3.00. The third kappa shape index (κ3) is 3.86. The predicted octanol–water partition coefficient (Wildman–Crippen LogP) is 3.12. The molecule has 0 saturated heterocycles. The fraction of sp³-hybridized carbons (Fsp3) is 0.118. The molecule has 8 heteroatoms. The number of nitrogens with zero attached hydrogens (tertiary/aromatic N) is 3. The SMILES string of the molecule is COc1cccc(/C=N/n2c(COc3ccccc3)n[nH]c2=S)c1O. The topological polar surface area (TPSA) is 84.7 Å². The van der Waals surface area contributed by atoms with Crippen molar-refractivity contribution in [2.45, 2.75) is 6.61 Å². The standard InChI is InChI=1S/C17H16N4O3S/c1-23-14-9-5-6-12(16(14)22)10-18-21-15(19-20-17(21)25)11-24-13-7-3-2-4-8-13/h2-10,22H,11H2,1H3,(H,20,25)/b18-10+. The zero-order valence-electron chi connectivity index (χ0n) is 13.4. The van der Waals surface area contributed by atoms with Crippen molar-refractivity contribution in [2.75, 3.05) is 7.11 Å².